The molecule has 0 saturated heterocycles. The minimum atomic E-state index is -1.85. The topological polar surface area (TPSA) is 124 Å². The highest BCUT2D eigenvalue weighted by Crippen LogP contribution is 2.04. The minimum Gasteiger partial charge on any atom is -0.460 e. The van der Waals surface area contributed by atoms with Crippen LogP contribution in [0.4, 0.5) is 0 Å². The molecule has 0 fully saturated rings. The second kappa shape index (κ2) is 7.07. The molecule has 7 heteroatoms. The van der Waals surface area contributed by atoms with E-state index < -0.39 is 37.0 Å². The Morgan fingerprint density at radius 2 is 1.81 bits per heavy atom. The van der Waals surface area contributed by atoms with Gasteiger partial charge in [-0.15, -0.1) is 0 Å². The Morgan fingerprint density at radius 3 is 2.25 bits per heavy atom. The van der Waals surface area contributed by atoms with Crippen molar-refractivity contribution in [3.8, 4) is 0 Å². The van der Waals surface area contributed by atoms with Crippen LogP contribution in [-0.4, -0.2) is 63.7 Å². The Balaban J connectivity index is 4.16. The van der Waals surface area contributed by atoms with E-state index in [1.165, 1.54) is 0 Å². The predicted octanol–water partition coefficient (Wildman–Crippen LogP) is -2.64. The summed E-state index contributed by atoms with van der Waals surface area (Å²) in [5.74, 6) is -0.809. The molecule has 0 aromatic carbocycles. The lowest BCUT2D eigenvalue weighted by molar-refractivity contribution is -0.151. The van der Waals surface area contributed by atoms with Crippen LogP contribution < -0.4 is 0 Å². The van der Waals surface area contributed by atoms with Gasteiger partial charge in [-0.1, -0.05) is 6.58 Å². The van der Waals surface area contributed by atoms with Crippen LogP contribution in [0.3, 0.4) is 0 Å². The number of aldehydes is 1. The molecule has 0 aliphatic carbocycles. The number of carbonyl (C=O) groups is 2. The fourth-order valence-corrected chi connectivity index (χ4v) is 0.835. The van der Waals surface area contributed by atoms with Crippen LogP contribution in [0.15, 0.2) is 12.7 Å². The molecule has 0 bridgehead atoms. The summed E-state index contributed by atoms with van der Waals surface area (Å²) in [6.45, 7) is 2.52. The summed E-state index contributed by atoms with van der Waals surface area (Å²) in [6.07, 6.45) is -6.23. The van der Waals surface area contributed by atoms with E-state index in [2.05, 4.69) is 11.3 Å². The van der Waals surface area contributed by atoms with Gasteiger partial charge in [0.25, 0.3) is 0 Å². The monoisotopic (exact) mass is 234 g/mol. The number of hydrogen-bond donors (Lipinski definition) is 4. The zero-order chi connectivity index (χ0) is 12.7. The molecule has 0 aliphatic rings. The first-order chi connectivity index (χ1) is 7.43. The van der Waals surface area contributed by atoms with Crippen LogP contribution in [-0.2, 0) is 14.3 Å². The van der Waals surface area contributed by atoms with Gasteiger partial charge in [0, 0.05) is 6.08 Å². The molecule has 0 saturated carbocycles. The average molecular weight is 234 g/mol. The molecule has 0 aromatic heterocycles. The summed E-state index contributed by atoms with van der Waals surface area (Å²) < 4.78 is 4.39. The van der Waals surface area contributed by atoms with Crippen molar-refractivity contribution >= 4 is 12.3 Å². The molecule has 16 heavy (non-hydrogen) atoms. The third kappa shape index (κ3) is 4.49. The number of rotatable bonds is 7. The third-order valence-corrected chi connectivity index (χ3v) is 1.80. The van der Waals surface area contributed by atoms with Crippen molar-refractivity contribution in [2.75, 3.05) is 6.61 Å². The van der Waals surface area contributed by atoms with E-state index in [0.29, 0.717) is 0 Å². The van der Waals surface area contributed by atoms with Crippen LogP contribution in [0.2, 0.25) is 0 Å². The Morgan fingerprint density at radius 1 is 1.25 bits per heavy atom. The molecule has 4 unspecified atom stereocenters. The van der Waals surface area contributed by atoms with Gasteiger partial charge in [-0.3, -0.25) is 0 Å². The van der Waals surface area contributed by atoms with Gasteiger partial charge in [-0.2, -0.15) is 0 Å². The van der Waals surface area contributed by atoms with Crippen LogP contribution in [0.5, 0.6) is 0 Å². The zero-order valence-corrected chi connectivity index (χ0v) is 8.39. The van der Waals surface area contributed by atoms with Gasteiger partial charge in [0.05, 0.1) is 0 Å². The molecule has 0 radical (unpaired) electrons. The lowest BCUT2D eigenvalue weighted by atomic mass is 10.0. The SMILES string of the molecule is C=CC(=O)OCC(O)C(O)C(O)C(O)C=O. The van der Waals surface area contributed by atoms with Crippen molar-refractivity contribution in [1.29, 1.82) is 0 Å². The summed E-state index contributed by atoms with van der Waals surface area (Å²) in [5.41, 5.74) is 0. The van der Waals surface area contributed by atoms with Crippen LogP contribution in [0.1, 0.15) is 0 Å². The van der Waals surface area contributed by atoms with Gasteiger partial charge in [0.1, 0.15) is 31.0 Å². The van der Waals surface area contributed by atoms with Crippen LogP contribution >= 0.6 is 0 Å². The van der Waals surface area contributed by atoms with Gasteiger partial charge in [0.2, 0.25) is 0 Å². The van der Waals surface area contributed by atoms with Crippen molar-refractivity contribution in [3.05, 3.63) is 12.7 Å². The van der Waals surface area contributed by atoms with Gasteiger partial charge in [0.15, 0.2) is 6.29 Å². The molecule has 4 atom stereocenters. The molecule has 0 spiro atoms. The molecule has 7 nitrogen and oxygen atoms in total. The number of aliphatic hydroxyl groups excluding tert-OH is 4. The lowest BCUT2D eigenvalue weighted by Gasteiger charge is -2.23. The Kier molecular flexibility index (Phi) is 6.50. The average Bonchev–Trinajstić information content (AvgIpc) is 2.32. The number of aliphatic hydroxyl groups is 4. The first-order valence-corrected chi connectivity index (χ1v) is 4.40. The maximum atomic E-state index is 10.6. The lowest BCUT2D eigenvalue weighted by Crippen LogP contribution is -2.46. The maximum absolute atomic E-state index is 10.6. The van der Waals surface area contributed by atoms with E-state index in [4.69, 9.17) is 10.2 Å². The molecule has 0 aliphatic heterocycles. The molecular weight excluding hydrogens is 220 g/mol. The molecule has 0 rings (SSSR count). The van der Waals surface area contributed by atoms with E-state index in [1.54, 1.807) is 0 Å². The zero-order valence-electron chi connectivity index (χ0n) is 8.39. The molecule has 0 aromatic rings. The fourth-order valence-electron chi connectivity index (χ4n) is 0.835. The second-order valence-electron chi connectivity index (χ2n) is 3.01. The summed E-state index contributed by atoms with van der Waals surface area (Å²) >= 11 is 0. The Labute approximate surface area is 91.6 Å². The minimum absolute atomic E-state index is 0.0103. The van der Waals surface area contributed by atoms with Gasteiger partial charge >= 0.3 is 5.97 Å². The fraction of sp³-hybridized carbons (Fsp3) is 0.556. The Hall–Kier alpha value is -1.28. The maximum Gasteiger partial charge on any atom is 0.330 e. The largest absolute Gasteiger partial charge is 0.460 e. The quantitative estimate of drug-likeness (QED) is 0.215. The highest BCUT2D eigenvalue weighted by Gasteiger charge is 2.30. The third-order valence-electron chi connectivity index (χ3n) is 1.80. The van der Waals surface area contributed by atoms with Gasteiger partial charge in [-0.25, -0.2) is 4.79 Å². The summed E-state index contributed by atoms with van der Waals surface area (Å²) in [6, 6.07) is 0. The molecule has 4 N–H and O–H groups in total. The van der Waals surface area contributed by atoms with E-state index in [9.17, 15) is 19.8 Å². The number of hydrogen-bond acceptors (Lipinski definition) is 7. The number of esters is 1. The van der Waals surface area contributed by atoms with E-state index in [0.717, 1.165) is 6.08 Å². The van der Waals surface area contributed by atoms with Gasteiger partial charge < -0.3 is 30.0 Å². The number of carbonyl (C=O) groups excluding carboxylic acids is 2. The number of ether oxygens (including phenoxy) is 1. The Bertz CT molecular complexity index is 252. The van der Waals surface area contributed by atoms with E-state index >= 15 is 0 Å². The van der Waals surface area contributed by atoms with Crippen molar-refractivity contribution in [2.24, 2.45) is 0 Å². The smallest absolute Gasteiger partial charge is 0.330 e. The standard InChI is InChI=1S/C9H14O7/c1-2-7(13)16-4-6(12)9(15)8(14)5(11)3-10/h2-3,5-6,8-9,11-12,14-15H,1,4H2. The van der Waals surface area contributed by atoms with E-state index in [1.807, 2.05) is 0 Å². The van der Waals surface area contributed by atoms with E-state index in [-0.39, 0.29) is 6.29 Å². The molecule has 0 amide bonds. The van der Waals surface area contributed by atoms with Crippen LogP contribution in [0, 0.1) is 0 Å². The molecule has 0 heterocycles. The van der Waals surface area contributed by atoms with Gasteiger partial charge in [-0.05, 0) is 0 Å². The normalized spacial score (nSPS) is 18.0. The summed E-state index contributed by atoms with van der Waals surface area (Å²) in [5, 5.41) is 36.4. The molecular formula is C9H14O7. The van der Waals surface area contributed by atoms with Crippen molar-refractivity contribution in [1.82, 2.24) is 0 Å². The highest BCUT2D eigenvalue weighted by molar-refractivity contribution is 5.81. The highest BCUT2D eigenvalue weighted by atomic mass is 16.5. The van der Waals surface area contributed by atoms with Crippen molar-refractivity contribution < 1.29 is 34.8 Å². The summed E-state index contributed by atoms with van der Waals surface area (Å²) in [7, 11) is 0. The summed E-state index contributed by atoms with van der Waals surface area (Å²) in [4.78, 5) is 20.7. The van der Waals surface area contributed by atoms with Crippen molar-refractivity contribution in [3.63, 3.8) is 0 Å². The van der Waals surface area contributed by atoms with Crippen LogP contribution in [0.25, 0.3) is 0 Å². The second-order valence-corrected chi connectivity index (χ2v) is 3.01. The van der Waals surface area contributed by atoms with Crippen molar-refractivity contribution in [2.45, 2.75) is 24.4 Å². The predicted molar refractivity (Wildman–Crippen MR) is 51.2 cm³/mol. The first kappa shape index (κ1) is 14.7. The molecule has 92 valence electrons. The first-order valence-electron chi connectivity index (χ1n) is 4.40.